The Balaban J connectivity index is 2.01. The Labute approximate surface area is 121 Å². The molecule has 1 aromatic rings. The molecule has 0 unspecified atom stereocenters. The number of halogens is 1. The highest BCUT2D eigenvalue weighted by Crippen LogP contribution is 2.30. The molecule has 1 aromatic heterocycles. The summed E-state index contributed by atoms with van der Waals surface area (Å²) in [6.07, 6.45) is 3.68. The molecule has 1 amide bonds. The van der Waals surface area contributed by atoms with Crippen LogP contribution < -0.4 is 11.1 Å². The molecule has 1 heterocycles. The van der Waals surface area contributed by atoms with Crippen LogP contribution in [0.15, 0.2) is 12.3 Å². The summed E-state index contributed by atoms with van der Waals surface area (Å²) in [6, 6.07) is 1.59. The van der Waals surface area contributed by atoms with Gasteiger partial charge in [-0.3, -0.25) is 9.59 Å². The molecule has 1 fully saturated rings. The minimum Gasteiger partial charge on any atom is -0.469 e. The molecular formula is C13H16ClN3O3. The first-order valence-electron chi connectivity index (χ1n) is 6.31. The summed E-state index contributed by atoms with van der Waals surface area (Å²) in [5, 5.41) is 3.52. The molecule has 20 heavy (non-hydrogen) atoms. The number of pyridine rings is 1. The van der Waals surface area contributed by atoms with Gasteiger partial charge in [-0.25, -0.2) is 4.98 Å². The Morgan fingerprint density at radius 3 is 2.85 bits per heavy atom. The normalized spacial score (nSPS) is 21.5. The van der Waals surface area contributed by atoms with Gasteiger partial charge in [-0.1, -0.05) is 11.6 Å². The van der Waals surface area contributed by atoms with E-state index in [0.717, 1.165) is 12.8 Å². The van der Waals surface area contributed by atoms with Gasteiger partial charge in [-0.05, 0) is 25.3 Å². The van der Waals surface area contributed by atoms with Crippen molar-refractivity contribution in [1.29, 1.82) is 0 Å². The molecule has 0 spiro atoms. The van der Waals surface area contributed by atoms with Crippen LogP contribution in [0, 0.1) is 5.92 Å². The maximum Gasteiger partial charge on any atom is 0.308 e. The maximum absolute atomic E-state index is 11.5. The largest absolute Gasteiger partial charge is 0.469 e. The number of carbonyl (C=O) groups is 2. The number of ether oxygens (including phenoxy) is 1. The molecule has 1 saturated carbocycles. The Kier molecular flexibility index (Phi) is 4.44. The van der Waals surface area contributed by atoms with E-state index in [9.17, 15) is 9.59 Å². The number of rotatable bonds is 4. The number of methoxy groups -OCH3 is 1. The number of amides is 1. The minimum absolute atomic E-state index is 0.0823. The van der Waals surface area contributed by atoms with E-state index in [1.54, 1.807) is 0 Å². The first-order valence-corrected chi connectivity index (χ1v) is 6.68. The number of anilines is 1. The van der Waals surface area contributed by atoms with Crippen LogP contribution in [0.3, 0.4) is 0 Å². The van der Waals surface area contributed by atoms with E-state index in [1.807, 2.05) is 0 Å². The zero-order valence-electron chi connectivity index (χ0n) is 11.1. The van der Waals surface area contributed by atoms with Gasteiger partial charge >= 0.3 is 5.97 Å². The van der Waals surface area contributed by atoms with Crippen molar-refractivity contribution >= 4 is 29.3 Å². The van der Waals surface area contributed by atoms with E-state index in [-0.39, 0.29) is 23.5 Å². The second-order valence-corrected chi connectivity index (χ2v) is 5.20. The third kappa shape index (κ3) is 3.19. The fraction of sp³-hybridized carbons (Fsp3) is 0.462. The molecule has 0 bridgehead atoms. The first-order chi connectivity index (χ1) is 9.51. The summed E-state index contributed by atoms with van der Waals surface area (Å²) in [6.45, 7) is 0. The topological polar surface area (TPSA) is 94.3 Å². The van der Waals surface area contributed by atoms with Gasteiger partial charge in [0.2, 0.25) is 5.91 Å². The van der Waals surface area contributed by atoms with E-state index >= 15 is 0 Å². The number of aromatic nitrogens is 1. The SMILES string of the molecule is COC(=O)[C@H]1CC[C@@H](Nc2ncc(C(N)=O)cc2Cl)C1. The average molecular weight is 298 g/mol. The number of nitrogens with zero attached hydrogens (tertiary/aromatic N) is 1. The monoisotopic (exact) mass is 297 g/mol. The second-order valence-electron chi connectivity index (χ2n) is 4.79. The minimum atomic E-state index is -0.572. The second kappa shape index (κ2) is 6.09. The zero-order valence-corrected chi connectivity index (χ0v) is 11.8. The van der Waals surface area contributed by atoms with Crippen molar-refractivity contribution in [3.05, 3.63) is 22.8 Å². The lowest BCUT2D eigenvalue weighted by atomic mass is 10.1. The quantitative estimate of drug-likeness (QED) is 0.823. The van der Waals surface area contributed by atoms with Gasteiger partial charge in [0.25, 0.3) is 0 Å². The lowest BCUT2D eigenvalue weighted by Crippen LogP contribution is -2.20. The van der Waals surface area contributed by atoms with Crippen LogP contribution in [-0.2, 0) is 9.53 Å². The summed E-state index contributed by atoms with van der Waals surface area (Å²) in [7, 11) is 1.39. The molecule has 2 rings (SSSR count). The number of hydrogen-bond acceptors (Lipinski definition) is 5. The number of hydrogen-bond donors (Lipinski definition) is 2. The van der Waals surface area contributed by atoms with E-state index in [1.165, 1.54) is 19.4 Å². The molecule has 108 valence electrons. The number of carbonyl (C=O) groups excluding carboxylic acids is 2. The standard InChI is InChI=1S/C13H16ClN3O3/c1-20-13(19)7-2-3-9(4-7)17-12-10(14)5-8(6-16-12)11(15)18/h5-7,9H,2-4H2,1H3,(H2,15,18)(H,16,17)/t7-,9+/m0/s1. The van der Waals surface area contributed by atoms with Crippen LogP contribution in [-0.4, -0.2) is 30.0 Å². The van der Waals surface area contributed by atoms with Crippen LogP contribution in [0.1, 0.15) is 29.6 Å². The van der Waals surface area contributed by atoms with Crippen molar-refractivity contribution in [1.82, 2.24) is 4.98 Å². The van der Waals surface area contributed by atoms with Gasteiger partial charge in [0.15, 0.2) is 0 Å². The number of primary amides is 1. The van der Waals surface area contributed by atoms with Crippen LogP contribution in [0.25, 0.3) is 0 Å². The van der Waals surface area contributed by atoms with Crippen LogP contribution in [0.4, 0.5) is 5.82 Å². The van der Waals surface area contributed by atoms with Gasteiger partial charge < -0.3 is 15.8 Å². The van der Waals surface area contributed by atoms with E-state index in [2.05, 4.69) is 10.3 Å². The summed E-state index contributed by atoms with van der Waals surface area (Å²) < 4.78 is 4.74. The van der Waals surface area contributed by atoms with Crippen molar-refractivity contribution in [3.63, 3.8) is 0 Å². The number of nitrogens with two attached hydrogens (primary N) is 1. The van der Waals surface area contributed by atoms with Crippen molar-refractivity contribution in [2.24, 2.45) is 11.7 Å². The molecule has 1 aliphatic rings. The lowest BCUT2D eigenvalue weighted by molar-refractivity contribution is -0.145. The molecule has 0 radical (unpaired) electrons. The molecular weight excluding hydrogens is 282 g/mol. The highest BCUT2D eigenvalue weighted by atomic mass is 35.5. The fourth-order valence-electron chi connectivity index (χ4n) is 2.37. The molecule has 0 saturated heterocycles. The Morgan fingerprint density at radius 2 is 2.25 bits per heavy atom. The van der Waals surface area contributed by atoms with E-state index in [4.69, 9.17) is 22.1 Å². The molecule has 6 nitrogen and oxygen atoms in total. The molecule has 0 aromatic carbocycles. The first kappa shape index (κ1) is 14.6. The molecule has 1 aliphatic carbocycles. The Morgan fingerprint density at radius 1 is 1.50 bits per heavy atom. The molecule has 2 atom stereocenters. The van der Waals surface area contributed by atoms with Crippen LogP contribution >= 0.6 is 11.6 Å². The number of nitrogens with one attached hydrogen (secondary N) is 1. The highest BCUT2D eigenvalue weighted by Gasteiger charge is 2.31. The smallest absolute Gasteiger partial charge is 0.308 e. The van der Waals surface area contributed by atoms with Gasteiger partial charge in [-0.2, -0.15) is 0 Å². The highest BCUT2D eigenvalue weighted by molar-refractivity contribution is 6.33. The average Bonchev–Trinajstić information content (AvgIpc) is 2.88. The third-order valence-corrected chi connectivity index (χ3v) is 3.72. The van der Waals surface area contributed by atoms with Crippen molar-refractivity contribution in [2.75, 3.05) is 12.4 Å². The van der Waals surface area contributed by atoms with E-state index < -0.39 is 5.91 Å². The van der Waals surface area contributed by atoms with Gasteiger partial charge in [-0.15, -0.1) is 0 Å². The van der Waals surface area contributed by atoms with Gasteiger partial charge in [0, 0.05) is 12.2 Å². The van der Waals surface area contributed by atoms with Gasteiger partial charge in [0.1, 0.15) is 5.82 Å². The Bertz CT molecular complexity index is 536. The predicted molar refractivity (Wildman–Crippen MR) is 74.5 cm³/mol. The summed E-state index contributed by atoms with van der Waals surface area (Å²) >= 11 is 6.05. The van der Waals surface area contributed by atoms with Gasteiger partial charge in [0.05, 0.1) is 23.6 Å². The van der Waals surface area contributed by atoms with Crippen molar-refractivity contribution in [2.45, 2.75) is 25.3 Å². The predicted octanol–water partition coefficient (Wildman–Crippen LogP) is 1.59. The summed E-state index contributed by atoms with van der Waals surface area (Å²) in [4.78, 5) is 26.6. The lowest BCUT2D eigenvalue weighted by Gasteiger charge is -2.14. The fourth-order valence-corrected chi connectivity index (χ4v) is 2.59. The van der Waals surface area contributed by atoms with Crippen molar-refractivity contribution in [3.8, 4) is 0 Å². The zero-order chi connectivity index (χ0) is 14.7. The van der Waals surface area contributed by atoms with E-state index in [0.29, 0.717) is 17.3 Å². The van der Waals surface area contributed by atoms with Crippen LogP contribution in [0.2, 0.25) is 5.02 Å². The molecule has 3 N–H and O–H groups in total. The molecule has 7 heteroatoms. The number of esters is 1. The third-order valence-electron chi connectivity index (χ3n) is 3.43. The maximum atomic E-state index is 11.5. The summed E-state index contributed by atoms with van der Waals surface area (Å²) in [5.41, 5.74) is 5.42. The molecule has 0 aliphatic heterocycles. The Hall–Kier alpha value is -1.82. The van der Waals surface area contributed by atoms with Crippen molar-refractivity contribution < 1.29 is 14.3 Å². The van der Waals surface area contributed by atoms with Crippen LogP contribution in [0.5, 0.6) is 0 Å². The summed E-state index contributed by atoms with van der Waals surface area (Å²) in [5.74, 6) is -0.344.